The zero-order valence-corrected chi connectivity index (χ0v) is 6.97. The van der Waals surface area contributed by atoms with Crippen molar-refractivity contribution >= 4 is 0 Å². The number of nitrogens with zero attached hydrogens (tertiary/aromatic N) is 3. The average molecular weight is 169 g/mol. The molecule has 2 atom stereocenters. The first-order valence-electron chi connectivity index (χ1n) is 3.66. The molecule has 5 nitrogen and oxygen atoms in total. The van der Waals surface area contributed by atoms with Gasteiger partial charge in [-0.25, -0.2) is 15.0 Å². The molecule has 12 heavy (non-hydrogen) atoms. The van der Waals surface area contributed by atoms with Crippen molar-refractivity contribution in [3.05, 3.63) is 18.0 Å². The zero-order chi connectivity index (χ0) is 9.14. The van der Waals surface area contributed by atoms with E-state index in [1.54, 1.807) is 13.8 Å². The molecule has 0 amide bonds. The Morgan fingerprint density at radius 3 is 1.83 bits per heavy atom. The largest absolute Gasteiger partial charge is 0.385 e. The van der Waals surface area contributed by atoms with Crippen molar-refractivity contribution in [2.75, 3.05) is 0 Å². The first-order valence-corrected chi connectivity index (χ1v) is 3.66. The van der Waals surface area contributed by atoms with Crippen LogP contribution < -0.4 is 0 Å². The van der Waals surface area contributed by atoms with E-state index in [1.807, 2.05) is 0 Å². The van der Waals surface area contributed by atoms with Crippen molar-refractivity contribution in [3.8, 4) is 0 Å². The number of hydrogen-bond donors (Lipinski definition) is 2. The van der Waals surface area contributed by atoms with Gasteiger partial charge in [0.1, 0.15) is 18.5 Å². The van der Waals surface area contributed by atoms with E-state index in [1.165, 1.54) is 6.33 Å². The Kier molecular flexibility index (Phi) is 2.67. The Balaban J connectivity index is 2.96. The van der Waals surface area contributed by atoms with Crippen LogP contribution in [0.15, 0.2) is 6.33 Å². The van der Waals surface area contributed by atoms with Gasteiger partial charge in [-0.3, -0.25) is 0 Å². The van der Waals surface area contributed by atoms with Crippen LogP contribution in [0.25, 0.3) is 0 Å². The summed E-state index contributed by atoms with van der Waals surface area (Å²) >= 11 is 0. The fraction of sp³-hybridized carbons (Fsp3) is 0.571. The summed E-state index contributed by atoms with van der Waals surface area (Å²) in [5.74, 6) is 0.557. The van der Waals surface area contributed by atoms with Gasteiger partial charge in [0.15, 0.2) is 11.6 Å². The van der Waals surface area contributed by atoms with Crippen molar-refractivity contribution in [3.63, 3.8) is 0 Å². The minimum Gasteiger partial charge on any atom is -0.385 e. The predicted molar refractivity (Wildman–Crippen MR) is 41.1 cm³/mol. The lowest BCUT2D eigenvalue weighted by Gasteiger charge is -2.05. The number of hydrogen-bond acceptors (Lipinski definition) is 5. The van der Waals surface area contributed by atoms with Crippen LogP contribution >= 0.6 is 0 Å². The number of aliphatic hydroxyl groups is 2. The summed E-state index contributed by atoms with van der Waals surface area (Å²) in [7, 11) is 0. The molecular weight excluding hydrogens is 158 g/mol. The van der Waals surface area contributed by atoms with Crippen LogP contribution in [0.3, 0.4) is 0 Å². The molecule has 1 aromatic heterocycles. The second-order valence-electron chi connectivity index (χ2n) is 2.55. The summed E-state index contributed by atoms with van der Waals surface area (Å²) < 4.78 is 0. The highest BCUT2D eigenvalue weighted by atomic mass is 16.3. The summed E-state index contributed by atoms with van der Waals surface area (Å²) in [4.78, 5) is 11.3. The van der Waals surface area contributed by atoms with Crippen LogP contribution in [0.1, 0.15) is 37.7 Å². The molecule has 0 aliphatic heterocycles. The predicted octanol–water partition coefficient (Wildman–Crippen LogP) is -0.0218. The summed E-state index contributed by atoms with van der Waals surface area (Å²) in [5.41, 5.74) is 0. The SMILES string of the molecule is CC(O)c1ncnc(C(C)O)n1. The minimum absolute atomic E-state index is 0.279. The highest BCUT2D eigenvalue weighted by Gasteiger charge is 2.08. The van der Waals surface area contributed by atoms with Gasteiger partial charge in [0, 0.05) is 0 Å². The van der Waals surface area contributed by atoms with E-state index in [9.17, 15) is 0 Å². The smallest absolute Gasteiger partial charge is 0.160 e. The van der Waals surface area contributed by atoms with Crippen LogP contribution in [0.4, 0.5) is 0 Å². The van der Waals surface area contributed by atoms with Gasteiger partial charge in [-0.1, -0.05) is 0 Å². The van der Waals surface area contributed by atoms with Crippen LogP contribution in [0.5, 0.6) is 0 Å². The van der Waals surface area contributed by atoms with Gasteiger partial charge in [0.05, 0.1) is 0 Å². The summed E-state index contributed by atoms with van der Waals surface area (Å²) in [6.07, 6.45) is -0.187. The van der Waals surface area contributed by atoms with Crippen molar-refractivity contribution in [2.45, 2.75) is 26.1 Å². The molecule has 0 aliphatic carbocycles. The molecule has 66 valence electrons. The van der Waals surface area contributed by atoms with Crippen LogP contribution in [0, 0.1) is 0 Å². The lowest BCUT2D eigenvalue weighted by Crippen LogP contribution is -2.07. The molecule has 0 saturated heterocycles. The number of rotatable bonds is 2. The third-order valence-corrected chi connectivity index (χ3v) is 1.36. The second kappa shape index (κ2) is 3.55. The van der Waals surface area contributed by atoms with Gasteiger partial charge in [-0.05, 0) is 13.8 Å². The second-order valence-corrected chi connectivity index (χ2v) is 2.55. The highest BCUT2D eigenvalue weighted by Crippen LogP contribution is 2.08. The van der Waals surface area contributed by atoms with E-state index in [0.29, 0.717) is 0 Å². The third-order valence-electron chi connectivity index (χ3n) is 1.36. The van der Waals surface area contributed by atoms with Gasteiger partial charge in [0.25, 0.3) is 0 Å². The highest BCUT2D eigenvalue weighted by molar-refractivity contribution is 4.94. The lowest BCUT2D eigenvalue weighted by molar-refractivity contribution is 0.174. The molecule has 0 saturated carbocycles. The summed E-state index contributed by atoms with van der Waals surface area (Å²) in [6.45, 7) is 3.11. The van der Waals surface area contributed by atoms with Gasteiger partial charge < -0.3 is 10.2 Å². The molecule has 0 aliphatic rings. The fourth-order valence-electron chi connectivity index (χ4n) is 0.725. The summed E-state index contributed by atoms with van der Waals surface area (Å²) in [5, 5.41) is 18.2. The maximum absolute atomic E-state index is 9.10. The van der Waals surface area contributed by atoms with Crippen LogP contribution in [-0.4, -0.2) is 25.2 Å². The van der Waals surface area contributed by atoms with Crippen molar-refractivity contribution < 1.29 is 10.2 Å². The monoisotopic (exact) mass is 169 g/mol. The minimum atomic E-state index is -0.731. The molecule has 1 heterocycles. The third kappa shape index (κ3) is 1.96. The average Bonchev–Trinajstić information content (AvgIpc) is 2.04. The molecule has 2 unspecified atom stereocenters. The van der Waals surface area contributed by atoms with E-state index in [0.717, 1.165) is 0 Å². The van der Waals surface area contributed by atoms with Crippen molar-refractivity contribution in [2.24, 2.45) is 0 Å². The van der Waals surface area contributed by atoms with Gasteiger partial charge in [-0.15, -0.1) is 0 Å². The standard InChI is InChI=1S/C7H11N3O2/c1-4(11)6-8-3-9-7(10-6)5(2)12/h3-5,11-12H,1-2H3. The molecule has 1 aromatic rings. The number of aromatic nitrogens is 3. The molecule has 5 heteroatoms. The van der Waals surface area contributed by atoms with E-state index in [4.69, 9.17) is 10.2 Å². The Morgan fingerprint density at radius 2 is 1.50 bits per heavy atom. The molecule has 0 bridgehead atoms. The van der Waals surface area contributed by atoms with Crippen LogP contribution in [0.2, 0.25) is 0 Å². The molecule has 1 rings (SSSR count). The van der Waals surface area contributed by atoms with Gasteiger partial charge in [0.2, 0.25) is 0 Å². The van der Waals surface area contributed by atoms with Crippen LogP contribution in [-0.2, 0) is 0 Å². The van der Waals surface area contributed by atoms with Gasteiger partial charge >= 0.3 is 0 Å². The van der Waals surface area contributed by atoms with Gasteiger partial charge in [-0.2, -0.15) is 0 Å². The lowest BCUT2D eigenvalue weighted by atomic mass is 10.3. The molecule has 0 spiro atoms. The first kappa shape index (κ1) is 9.02. The maximum Gasteiger partial charge on any atom is 0.160 e. The fourth-order valence-corrected chi connectivity index (χ4v) is 0.725. The Morgan fingerprint density at radius 1 is 1.08 bits per heavy atom. The van der Waals surface area contributed by atoms with E-state index in [2.05, 4.69) is 15.0 Å². The topological polar surface area (TPSA) is 79.1 Å². The number of aliphatic hydroxyl groups excluding tert-OH is 2. The zero-order valence-electron chi connectivity index (χ0n) is 6.97. The molecule has 2 N–H and O–H groups in total. The Bertz CT molecular complexity index is 239. The van der Waals surface area contributed by atoms with E-state index < -0.39 is 12.2 Å². The normalized spacial score (nSPS) is 15.7. The Labute approximate surface area is 70.1 Å². The molecule has 0 aromatic carbocycles. The summed E-state index contributed by atoms with van der Waals surface area (Å²) in [6, 6.07) is 0. The van der Waals surface area contributed by atoms with Crippen molar-refractivity contribution in [1.82, 2.24) is 15.0 Å². The molecular formula is C7H11N3O2. The Hall–Kier alpha value is -1.07. The maximum atomic E-state index is 9.10. The molecule has 0 radical (unpaired) electrons. The van der Waals surface area contributed by atoms with Crippen molar-refractivity contribution in [1.29, 1.82) is 0 Å². The quantitative estimate of drug-likeness (QED) is 0.650. The first-order chi connectivity index (χ1) is 5.61. The van der Waals surface area contributed by atoms with E-state index in [-0.39, 0.29) is 11.6 Å². The van der Waals surface area contributed by atoms with E-state index >= 15 is 0 Å². The molecule has 0 fully saturated rings.